The van der Waals surface area contributed by atoms with Gasteiger partial charge in [-0.3, -0.25) is 9.69 Å². The number of halogens is 7. The fourth-order valence-corrected chi connectivity index (χ4v) is 4.69. The Morgan fingerprint density at radius 1 is 1.03 bits per heavy atom. The first-order valence-electron chi connectivity index (χ1n) is 10.9. The predicted molar refractivity (Wildman–Crippen MR) is 112 cm³/mol. The molecule has 0 saturated carbocycles. The molecule has 2 N–H and O–H groups in total. The van der Waals surface area contributed by atoms with Crippen molar-refractivity contribution < 1.29 is 35.5 Å². The first kappa shape index (κ1) is 24.3. The lowest BCUT2D eigenvalue weighted by Gasteiger charge is -2.51. The number of benzene rings is 1. The molecule has 36 heavy (non-hydrogen) atoms. The van der Waals surface area contributed by atoms with E-state index in [9.17, 15) is 35.5 Å². The summed E-state index contributed by atoms with van der Waals surface area (Å²) < 4.78 is 94.0. The molecular weight excluding hydrogens is 497 g/mol. The van der Waals surface area contributed by atoms with Gasteiger partial charge in [-0.05, 0) is 24.1 Å². The smallest absolute Gasteiger partial charge is 0.368 e. The zero-order valence-electron chi connectivity index (χ0n) is 18.4. The summed E-state index contributed by atoms with van der Waals surface area (Å²) in [5, 5.41) is 9.12. The van der Waals surface area contributed by atoms with Crippen LogP contribution in [0.5, 0.6) is 0 Å². The molecule has 1 atom stereocenters. The van der Waals surface area contributed by atoms with Crippen LogP contribution in [0.3, 0.4) is 0 Å². The summed E-state index contributed by atoms with van der Waals surface area (Å²) in [4.78, 5) is 16.9. The number of carbonyl (C=O) groups is 1. The average molecular weight is 516 g/mol. The van der Waals surface area contributed by atoms with Gasteiger partial charge in [-0.1, -0.05) is 12.1 Å². The van der Waals surface area contributed by atoms with Crippen molar-refractivity contribution in [1.29, 1.82) is 0 Å². The fraction of sp³-hybridized carbons (Fsp3) is 0.409. The number of rotatable bonds is 5. The summed E-state index contributed by atoms with van der Waals surface area (Å²) in [6.07, 6.45) is -8.75. The minimum atomic E-state index is -4.90. The number of nitrogens with zero attached hydrogens (tertiary/aromatic N) is 4. The Hall–Kier alpha value is -3.42. The highest BCUT2D eigenvalue weighted by atomic mass is 19.4. The van der Waals surface area contributed by atoms with E-state index in [4.69, 9.17) is 0 Å². The van der Waals surface area contributed by atoms with Gasteiger partial charge in [0.2, 0.25) is 5.91 Å². The molecule has 1 amide bonds. The standard InChI is InChI=1S/C22H19F7N6O/c23-13-3-1-12(2-4-13)14(34-10-20(11-34)6-5-19(36)32-20)9-30-17-7-15(21(24,25)26)31-18-8-16(22(27,28)29)33-35(17)18/h1-4,7-8,14,30H,5-6,9-11H2,(H,32,36). The van der Waals surface area contributed by atoms with Crippen LogP contribution in [0.15, 0.2) is 36.4 Å². The van der Waals surface area contributed by atoms with E-state index in [0.29, 0.717) is 48.1 Å². The van der Waals surface area contributed by atoms with E-state index in [-0.39, 0.29) is 18.3 Å². The molecule has 1 aromatic carbocycles. The minimum absolute atomic E-state index is 0.0344. The van der Waals surface area contributed by atoms with Gasteiger partial charge in [-0.25, -0.2) is 9.37 Å². The number of hydrogen-bond donors (Lipinski definition) is 2. The van der Waals surface area contributed by atoms with Crippen LogP contribution in [-0.2, 0) is 17.1 Å². The molecule has 0 radical (unpaired) electrons. The highest BCUT2D eigenvalue weighted by molar-refractivity contribution is 5.79. The molecule has 192 valence electrons. The predicted octanol–water partition coefficient (Wildman–Crippen LogP) is 4.02. The number of nitrogens with one attached hydrogen (secondary N) is 2. The van der Waals surface area contributed by atoms with Crippen LogP contribution in [0.4, 0.5) is 36.6 Å². The number of alkyl halides is 6. The van der Waals surface area contributed by atoms with Crippen molar-refractivity contribution in [3.05, 3.63) is 59.2 Å². The van der Waals surface area contributed by atoms with Gasteiger partial charge < -0.3 is 10.6 Å². The molecule has 2 saturated heterocycles. The van der Waals surface area contributed by atoms with Crippen molar-refractivity contribution in [3.63, 3.8) is 0 Å². The van der Waals surface area contributed by atoms with Crippen LogP contribution < -0.4 is 10.6 Å². The lowest BCUT2D eigenvalue weighted by Crippen LogP contribution is -2.68. The molecule has 0 bridgehead atoms. The Kier molecular flexibility index (Phi) is 5.61. The van der Waals surface area contributed by atoms with E-state index < -0.39 is 46.8 Å². The number of fused-ring (bicyclic) bond motifs is 1. The first-order chi connectivity index (χ1) is 16.8. The number of amides is 1. The van der Waals surface area contributed by atoms with E-state index in [1.165, 1.54) is 24.3 Å². The van der Waals surface area contributed by atoms with Crippen molar-refractivity contribution in [2.45, 2.75) is 36.8 Å². The second-order valence-corrected chi connectivity index (χ2v) is 9.00. The minimum Gasteiger partial charge on any atom is -0.368 e. The largest absolute Gasteiger partial charge is 0.435 e. The molecule has 2 aromatic heterocycles. The molecule has 14 heteroatoms. The van der Waals surface area contributed by atoms with Gasteiger partial charge in [-0.2, -0.15) is 36.0 Å². The summed E-state index contributed by atoms with van der Waals surface area (Å²) in [5.41, 5.74) is -3.13. The number of carbonyl (C=O) groups excluding carboxylic acids is 1. The molecule has 7 nitrogen and oxygen atoms in total. The number of likely N-dealkylation sites (tertiary alicyclic amines) is 1. The monoisotopic (exact) mass is 516 g/mol. The topological polar surface area (TPSA) is 74.6 Å². The van der Waals surface area contributed by atoms with E-state index in [1.54, 1.807) is 0 Å². The van der Waals surface area contributed by atoms with E-state index in [2.05, 4.69) is 20.7 Å². The molecule has 1 spiro atoms. The SMILES string of the molecule is O=C1CCC2(CN(C(CNc3cc(C(F)(F)F)nc4cc(C(F)(F)F)nn34)c3ccc(F)cc3)C2)N1. The second-order valence-electron chi connectivity index (χ2n) is 9.00. The third-order valence-electron chi connectivity index (χ3n) is 6.43. The van der Waals surface area contributed by atoms with Gasteiger partial charge in [0.1, 0.15) is 11.6 Å². The van der Waals surface area contributed by atoms with Crippen LogP contribution in [0.25, 0.3) is 5.65 Å². The van der Waals surface area contributed by atoms with Gasteiger partial charge in [-0.15, -0.1) is 0 Å². The van der Waals surface area contributed by atoms with Gasteiger partial charge in [0.25, 0.3) is 0 Å². The van der Waals surface area contributed by atoms with E-state index in [1.807, 2.05) is 4.90 Å². The number of anilines is 1. The Labute approximate surface area is 199 Å². The van der Waals surface area contributed by atoms with Gasteiger partial charge in [0.05, 0.1) is 11.6 Å². The maximum absolute atomic E-state index is 13.5. The first-order valence-corrected chi connectivity index (χ1v) is 10.9. The zero-order chi connectivity index (χ0) is 25.9. The van der Waals surface area contributed by atoms with Crippen LogP contribution in [-0.4, -0.2) is 50.6 Å². The lowest BCUT2D eigenvalue weighted by atomic mass is 9.85. The second kappa shape index (κ2) is 8.32. The number of hydrogen-bond acceptors (Lipinski definition) is 5. The molecule has 2 aliphatic heterocycles. The van der Waals surface area contributed by atoms with Gasteiger partial charge in [0, 0.05) is 38.2 Å². The maximum Gasteiger partial charge on any atom is 0.435 e. The fourth-order valence-electron chi connectivity index (χ4n) is 4.69. The molecule has 2 fully saturated rings. The Morgan fingerprint density at radius 3 is 2.28 bits per heavy atom. The van der Waals surface area contributed by atoms with E-state index in [0.717, 1.165) is 0 Å². The summed E-state index contributed by atoms with van der Waals surface area (Å²) in [6.45, 7) is 0.886. The molecular formula is C22H19F7N6O. The van der Waals surface area contributed by atoms with Crippen molar-refractivity contribution in [1.82, 2.24) is 24.8 Å². The normalized spacial score (nSPS) is 18.9. The summed E-state index contributed by atoms with van der Waals surface area (Å²) in [5.74, 6) is -0.876. The van der Waals surface area contributed by atoms with Crippen molar-refractivity contribution in [2.75, 3.05) is 25.0 Å². The molecule has 4 heterocycles. The van der Waals surface area contributed by atoms with Crippen molar-refractivity contribution in [2.24, 2.45) is 0 Å². The Bertz CT molecular complexity index is 1300. The third-order valence-corrected chi connectivity index (χ3v) is 6.43. The summed E-state index contributed by atoms with van der Waals surface area (Å²) in [7, 11) is 0. The number of aromatic nitrogens is 3. The van der Waals surface area contributed by atoms with Crippen LogP contribution in [0.2, 0.25) is 0 Å². The van der Waals surface area contributed by atoms with Crippen LogP contribution >= 0.6 is 0 Å². The van der Waals surface area contributed by atoms with E-state index >= 15 is 0 Å². The highest BCUT2D eigenvalue weighted by Crippen LogP contribution is 2.37. The quantitative estimate of drug-likeness (QED) is 0.502. The molecule has 2 aliphatic rings. The van der Waals surface area contributed by atoms with Crippen LogP contribution in [0, 0.1) is 5.82 Å². The van der Waals surface area contributed by atoms with Gasteiger partial charge in [0.15, 0.2) is 17.0 Å². The molecule has 1 unspecified atom stereocenters. The summed E-state index contributed by atoms with van der Waals surface area (Å²) >= 11 is 0. The molecule has 0 aliphatic carbocycles. The zero-order valence-corrected chi connectivity index (χ0v) is 18.4. The molecule has 5 rings (SSSR count). The van der Waals surface area contributed by atoms with Crippen molar-refractivity contribution >= 4 is 17.4 Å². The van der Waals surface area contributed by atoms with Crippen molar-refractivity contribution in [3.8, 4) is 0 Å². The Balaban J connectivity index is 1.46. The highest BCUT2D eigenvalue weighted by Gasteiger charge is 2.49. The molecule has 3 aromatic rings. The van der Waals surface area contributed by atoms with Crippen LogP contribution in [0.1, 0.15) is 35.8 Å². The Morgan fingerprint density at radius 2 is 1.69 bits per heavy atom. The lowest BCUT2D eigenvalue weighted by molar-refractivity contribution is -0.142. The summed E-state index contributed by atoms with van der Waals surface area (Å²) in [6, 6.07) is 6.09. The maximum atomic E-state index is 13.5. The average Bonchev–Trinajstić information content (AvgIpc) is 3.38. The van der Waals surface area contributed by atoms with Gasteiger partial charge >= 0.3 is 12.4 Å². The third kappa shape index (κ3) is 4.56.